The van der Waals surface area contributed by atoms with Crippen LogP contribution in [0.15, 0.2) is 18.3 Å². The Hall–Kier alpha value is -1.82. The van der Waals surface area contributed by atoms with E-state index in [9.17, 15) is 4.79 Å². The minimum Gasteiger partial charge on any atom is -0.357 e. The molecule has 160 valence electrons. The van der Waals surface area contributed by atoms with Gasteiger partial charge in [0.25, 0.3) is 0 Å². The molecule has 1 unspecified atom stereocenters. The van der Waals surface area contributed by atoms with Crippen LogP contribution in [0, 0.1) is 5.92 Å². The summed E-state index contributed by atoms with van der Waals surface area (Å²) in [6, 6.07) is 4.26. The normalized spacial score (nSPS) is 23.8. The van der Waals surface area contributed by atoms with Crippen molar-refractivity contribution in [1.29, 1.82) is 0 Å². The molecule has 1 aromatic heterocycles. The standard InChI is InChI=1S/C23H37N5O/c29-23(25-17-20-9-10-22(24-16-20)27-13-5-6-14-27)28-15-7-8-21(19-28)18-26-11-3-1-2-4-12-26/h9-10,16,21H,1-8,11-15,17-19H2,(H,25,29). The number of rotatable bonds is 5. The number of carbonyl (C=O) groups is 1. The summed E-state index contributed by atoms with van der Waals surface area (Å²) in [5.41, 5.74) is 1.07. The zero-order chi connectivity index (χ0) is 19.9. The fourth-order valence-electron chi connectivity index (χ4n) is 5.03. The molecule has 6 nitrogen and oxygen atoms in total. The summed E-state index contributed by atoms with van der Waals surface area (Å²) in [6.45, 7) is 8.19. The van der Waals surface area contributed by atoms with Crippen molar-refractivity contribution < 1.29 is 4.79 Å². The summed E-state index contributed by atoms with van der Waals surface area (Å²) in [5, 5.41) is 3.11. The zero-order valence-corrected chi connectivity index (χ0v) is 17.8. The average molecular weight is 400 g/mol. The molecular weight excluding hydrogens is 362 g/mol. The van der Waals surface area contributed by atoms with Gasteiger partial charge < -0.3 is 20.0 Å². The summed E-state index contributed by atoms with van der Waals surface area (Å²) >= 11 is 0. The summed E-state index contributed by atoms with van der Waals surface area (Å²) in [4.78, 5) is 24.3. The largest absolute Gasteiger partial charge is 0.357 e. The number of urea groups is 1. The Morgan fingerprint density at radius 3 is 2.45 bits per heavy atom. The first-order valence-corrected chi connectivity index (χ1v) is 11.7. The maximum absolute atomic E-state index is 12.7. The van der Waals surface area contributed by atoms with Crippen LogP contribution in [0.25, 0.3) is 0 Å². The van der Waals surface area contributed by atoms with Crippen LogP contribution in [-0.2, 0) is 6.54 Å². The lowest BCUT2D eigenvalue weighted by Gasteiger charge is -2.35. The molecule has 0 radical (unpaired) electrons. The van der Waals surface area contributed by atoms with E-state index in [0.29, 0.717) is 12.5 Å². The van der Waals surface area contributed by atoms with Gasteiger partial charge in [0.1, 0.15) is 5.82 Å². The van der Waals surface area contributed by atoms with E-state index in [0.717, 1.165) is 50.5 Å². The second-order valence-electron chi connectivity index (χ2n) is 9.05. The van der Waals surface area contributed by atoms with Crippen molar-refractivity contribution in [2.45, 2.75) is 57.9 Å². The van der Waals surface area contributed by atoms with Gasteiger partial charge in [0.05, 0.1) is 0 Å². The third-order valence-corrected chi connectivity index (χ3v) is 6.70. The van der Waals surface area contributed by atoms with Crippen LogP contribution in [0.3, 0.4) is 0 Å². The van der Waals surface area contributed by atoms with E-state index in [1.54, 1.807) is 0 Å². The number of piperidine rings is 1. The molecule has 0 aromatic carbocycles. The highest BCUT2D eigenvalue weighted by atomic mass is 16.2. The Morgan fingerprint density at radius 1 is 0.966 bits per heavy atom. The van der Waals surface area contributed by atoms with Crippen LogP contribution < -0.4 is 10.2 Å². The molecule has 1 N–H and O–H groups in total. The Balaban J connectivity index is 1.22. The summed E-state index contributed by atoms with van der Waals surface area (Å²) in [5.74, 6) is 1.68. The molecule has 29 heavy (non-hydrogen) atoms. The van der Waals surface area contributed by atoms with Gasteiger partial charge in [-0.15, -0.1) is 0 Å². The van der Waals surface area contributed by atoms with Gasteiger partial charge in [-0.05, 0) is 69.2 Å². The second kappa shape index (κ2) is 10.3. The van der Waals surface area contributed by atoms with E-state index < -0.39 is 0 Å². The summed E-state index contributed by atoms with van der Waals surface area (Å²) in [7, 11) is 0. The number of hydrogen-bond donors (Lipinski definition) is 1. The molecule has 0 bridgehead atoms. The quantitative estimate of drug-likeness (QED) is 0.824. The molecule has 3 fully saturated rings. The minimum absolute atomic E-state index is 0.0779. The lowest BCUT2D eigenvalue weighted by molar-refractivity contribution is 0.140. The van der Waals surface area contributed by atoms with Crippen LogP contribution in [0.2, 0.25) is 0 Å². The predicted octanol–water partition coefficient (Wildman–Crippen LogP) is 3.48. The Bertz CT molecular complexity index is 635. The number of aromatic nitrogens is 1. The average Bonchev–Trinajstić information content (AvgIpc) is 3.18. The third-order valence-electron chi connectivity index (χ3n) is 6.70. The van der Waals surface area contributed by atoms with Crippen LogP contribution in [0.5, 0.6) is 0 Å². The van der Waals surface area contributed by atoms with Gasteiger partial charge in [-0.25, -0.2) is 9.78 Å². The highest BCUT2D eigenvalue weighted by molar-refractivity contribution is 5.74. The number of nitrogens with zero attached hydrogens (tertiary/aromatic N) is 4. The Morgan fingerprint density at radius 2 is 1.72 bits per heavy atom. The topological polar surface area (TPSA) is 51.7 Å². The van der Waals surface area contributed by atoms with Crippen LogP contribution in [-0.4, -0.2) is 66.6 Å². The Labute approximate surface area is 175 Å². The van der Waals surface area contributed by atoms with Gasteiger partial charge in [-0.2, -0.15) is 0 Å². The zero-order valence-electron chi connectivity index (χ0n) is 17.8. The second-order valence-corrected chi connectivity index (χ2v) is 9.05. The number of amides is 2. The van der Waals surface area contributed by atoms with Crippen molar-refractivity contribution in [2.24, 2.45) is 5.92 Å². The summed E-state index contributed by atoms with van der Waals surface area (Å²) < 4.78 is 0. The first-order chi connectivity index (χ1) is 14.3. The maximum atomic E-state index is 12.7. The first-order valence-electron chi connectivity index (χ1n) is 11.7. The third kappa shape index (κ3) is 5.84. The highest BCUT2D eigenvalue weighted by Gasteiger charge is 2.25. The number of likely N-dealkylation sites (tertiary alicyclic amines) is 2. The van der Waals surface area contributed by atoms with E-state index in [1.165, 1.54) is 58.0 Å². The predicted molar refractivity (Wildman–Crippen MR) is 117 cm³/mol. The number of pyridine rings is 1. The van der Waals surface area contributed by atoms with Crippen LogP contribution in [0.1, 0.15) is 56.9 Å². The maximum Gasteiger partial charge on any atom is 0.317 e. The molecule has 0 aliphatic carbocycles. The lowest BCUT2D eigenvalue weighted by Crippen LogP contribution is -2.47. The fourth-order valence-corrected chi connectivity index (χ4v) is 5.03. The number of carbonyl (C=O) groups excluding carboxylic acids is 1. The van der Waals surface area contributed by atoms with E-state index in [4.69, 9.17) is 0 Å². The van der Waals surface area contributed by atoms with Crippen LogP contribution in [0.4, 0.5) is 10.6 Å². The van der Waals surface area contributed by atoms with Crippen molar-refractivity contribution >= 4 is 11.8 Å². The van der Waals surface area contributed by atoms with Crippen molar-refractivity contribution in [2.75, 3.05) is 50.7 Å². The fraction of sp³-hybridized carbons (Fsp3) is 0.739. The monoisotopic (exact) mass is 399 g/mol. The van der Waals surface area contributed by atoms with E-state index in [1.807, 2.05) is 11.1 Å². The van der Waals surface area contributed by atoms with Gasteiger partial charge >= 0.3 is 6.03 Å². The van der Waals surface area contributed by atoms with Crippen molar-refractivity contribution in [1.82, 2.24) is 20.1 Å². The van der Waals surface area contributed by atoms with Crippen LogP contribution >= 0.6 is 0 Å². The number of nitrogens with one attached hydrogen (secondary N) is 1. The van der Waals surface area contributed by atoms with Gasteiger partial charge in [0.15, 0.2) is 0 Å². The van der Waals surface area contributed by atoms with Crippen molar-refractivity contribution in [3.63, 3.8) is 0 Å². The van der Waals surface area contributed by atoms with Gasteiger partial charge in [0, 0.05) is 45.5 Å². The number of hydrogen-bond acceptors (Lipinski definition) is 4. The van der Waals surface area contributed by atoms with Crippen molar-refractivity contribution in [3.8, 4) is 0 Å². The molecule has 6 heteroatoms. The minimum atomic E-state index is 0.0779. The summed E-state index contributed by atoms with van der Waals surface area (Å²) in [6.07, 6.45) is 12.2. The lowest BCUT2D eigenvalue weighted by atomic mass is 9.97. The number of anilines is 1. The highest BCUT2D eigenvalue weighted by Crippen LogP contribution is 2.20. The molecule has 0 spiro atoms. The first kappa shape index (κ1) is 20.5. The molecule has 0 saturated carbocycles. The molecule has 3 aliphatic rings. The smallest absolute Gasteiger partial charge is 0.317 e. The molecule has 4 heterocycles. The molecule has 1 aromatic rings. The van der Waals surface area contributed by atoms with E-state index >= 15 is 0 Å². The molecular formula is C23H37N5O. The SMILES string of the molecule is O=C(NCc1ccc(N2CCCC2)nc1)N1CCCC(CN2CCCCCC2)C1. The Kier molecular flexibility index (Phi) is 7.25. The van der Waals surface area contributed by atoms with Gasteiger partial charge in [0.2, 0.25) is 0 Å². The molecule has 3 saturated heterocycles. The molecule has 4 rings (SSSR count). The molecule has 2 amide bonds. The van der Waals surface area contributed by atoms with Gasteiger partial charge in [-0.1, -0.05) is 18.9 Å². The molecule has 3 aliphatic heterocycles. The van der Waals surface area contributed by atoms with E-state index in [2.05, 4.69) is 32.2 Å². The van der Waals surface area contributed by atoms with Gasteiger partial charge in [-0.3, -0.25) is 0 Å². The molecule has 1 atom stereocenters. The van der Waals surface area contributed by atoms with E-state index in [-0.39, 0.29) is 6.03 Å². The van der Waals surface area contributed by atoms with Crippen molar-refractivity contribution in [3.05, 3.63) is 23.9 Å².